The van der Waals surface area contributed by atoms with Gasteiger partial charge in [0.2, 0.25) is 0 Å². The van der Waals surface area contributed by atoms with Crippen molar-refractivity contribution in [3.63, 3.8) is 0 Å². The second kappa shape index (κ2) is 7.79. The van der Waals surface area contributed by atoms with E-state index in [9.17, 15) is 9.59 Å². The third-order valence-electron chi connectivity index (χ3n) is 4.86. The fraction of sp³-hybridized carbons (Fsp3) is 0.130. The quantitative estimate of drug-likeness (QED) is 0.565. The van der Waals surface area contributed by atoms with E-state index in [1.54, 1.807) is 73.3 Å². The Morgan fingerprint density at radius 2 is 1.90 bits per heavy atom. The van der Waals surface area contributed by atoms with Crippen LogP contribution >= 0.6 is 0 Å². The first-order valence-electron chi connectivity index (χ1n) is 9.39. The van der Waals surface area contributed by atoms with Crippen LogP contribution in [0.1, 0.15) is 21.7 Å². The highest BCUT2D eigenvalue weighted by atomic mass is 16.5. The number of aryl methyl sites for hydroxylation is 2. The lowest BCUT2D eigenvalue weighted by atomic mass is 10.1. The van der Waals surface area contributed by atoms with E-state index < -0.39 is 0 Å². The first-order valence-corrected chi connectivity index (χ1v) is 9.39. The van der Waals surface area contributed by atoms with Gasteiger partial charge in [-0.15, -0.1) is 0 Å². The summed E-state index contributed by atoms with van der Waals surface area (Å²) in [5.74, 6) is 0.915. The number of pyridine rings is 1. The summed E-state index contributed by atoms with van der Waals surface area (Å²) in [5, 5.41) is 3.36. The average molecular weight is 400 g/mol. The molecule has 30 heavy (non-hydrogen) atoms. The Balaban J connectivity index is 1.68. The number of fused-ring (bicyclic) bond motifs is 1. The number of hydrogen-bond donors (Lipinski definition) is 1. The molecule has 0 fully saturated rings. The van der Waals surface area contributed by atoms with Gasteiger partial charge >= 0.3 is 0 Å². The molecule has 0 saturated heterocycles. The Morgan fingerprint density at radius 1 is 1.07 bits per heavy atom. The van der Waals surface area contributed by atoms with Crippen LogP contribution in [0.4, 0.5) is 5.69 Å². The smallest absolute Gasteiger partial charge is 0.267 e. The highest BCUT2D eigenvalue weighted by Crippen LogP contribution is 2.21. The Morgan fingerprint density at radius 3 is 2.67 bits per heavy atom. The molecule has 4 rings (SSSR count). The molecule has 0 spiro atoms. The number of carbonyl (C=O) groups is 1. The summed E-state index contributed by atoms with van der Waals surface area (Å²) >= 11 is 0. The molecule has 0 bridgehead atoms. The Hall–Kier alpha value is -4.00. The van der Waals surface area contributed by atoms with Crippen LogP contribution in [0.3, 0.4) is 0 Å². The van der Waals surface area contributed by atoms with Crippen LogP contribution in [-0.2, 0) is 0 Å². The van der Waals surface area contributed by atoms with Gasteiger partial charge in [0.05, 0.1) is 18.2 Å². The van der Waals surface area contributed by atoms with Crippen LogP contribution in [0.25, 0.3) is 16.7 Å². The van der Waals surface area contributed by atoms with Crippen LogP contribution in [0, 0.1) is 13.8 Å². The summed E-state index contributed by atoms with van der Waals surface area (Å²) in [5.41, 5.74) is 2.89. The Bertz CT molecular complexity index is 1330. The minimum Gasteiger partial charge on any atom is -0.497 e. The molecule has 7 nitrogen and oxygen atoms in total. The molecule has 0 atom stereocenters. The van der Waals surface area contributed by atoms with Crippen LogP contribution in [0.2, 0.25) is 0 Å². The summed E-state index contributed by atoms with van der Waals surface area (Å²) in [6.07, 6.45) is 1.61. The third kappa shape index (κ3) is 3.53. The molecule has 2 heterocycles. The molecule has 4 aromatic rings. The van der Waals surface area contributed by atoms with Gasteiger partial charge in [-0.25, -0.2) is 9.97 Å². The zero-order valence-corrected chi connectivity index (χ0v) is 16.8. The highest BCUT2D eigenvalue weighted by molar-refractivity contribution is 6.04. The lowest BCUT2D eigenvalue weighted by Crippen LogP contribution is -2.23. The predicted octanol–water partition coefficient (Wildman–Crippen LogP) is 3.66. The summed E-state index contributed by atoms with van der Waals surface area (Å²) in [6, 6.07) is 15.8. The van der Waals surface area contributed by atoms with Crippen molar-refractivity contribution in [2.24, 2.45) is 0 Å². The summed E-state index contributed by atoms with van der Waals surface area (Å²) in [4.78, 5) is 34.2. The minimum atomic E-state index is -0.239. The van der Waals surface area contributed by atoms with Gasteiger partial charge < -0.3 is 10.1 Å². The number of hydrogen-bond acceptors (Lipinski definition) is 5. The molecule has 150 valence electrons. The minimum absolute atomic E-state index is 0.182. The van der Waals surface area contributed by atoms with Gasteiger partial charge in [0.1, 0.15) is 11.6 Å². The molecular formula is C23H20N4O3. The zero-order valence-electron chi connectivity index (χ0n) is 16.8. The van der Waals surface area contributed by atoms with Gasteiger partial charge in [0, 0.05) is 17.4 Å². The number of aromatic nitrogens is 3. The molecule has 1 amide bonds. The molecule has 0 aliphatic heterocycles. The molecule has 0 radical (unpaired) electrons. The highest BCUT2D eigenvalue weighted by Gasteiger charge is 2.13. The van der Waals surface area contributed by atoms with Crippen molar-refractivity contribution in [1.82, 2.24) is 14.5 Å². The van der Waals surface area contributed by atoms with Crippen LogP contribution < -0.4 is 15.6 Å². The number of anilines is 1. The lowest BCUT2D eigenvalue weighted by molar-refractivity contribution is 0.102. The largest absolute Gasteiger partial charge is 0.497 e. The number of rotatable bonds is 4. The maximum atomic E-state index is 13.0. The lowest BCUT2D eigenvalue weighted by Gasteiger charge is -2.14. The average Bonchev–Trinajstić information content (AvgIpc) is 2.75. The predicted molar refractivity (Wildman–Crippen MR) is 116 cm³/mol. The van der Waals surface area contributed by atoms with Gasteiger partial charge in [-0.2, -0.15) is 0 Å². The molecular weight excluding hydrogens is 380 g/mol. The van der Waals surface area contributed by atoms with E-state index in [0.29, 0.717) is 39.5 Å². The van der Waals surface area contributed by atoms with E-state index in [2.05, 4.69) is 15.3 Å². The topological polar surface area (TPSA) is 86.1 Å². The number of amides is 1. The van der Waals surface area contributed by atoms with E-state index in [1.165, 1.54) is 0 Å². The van der Waals surface area contributed by atoms with Crippen molar-refractivity contribution in [3.05, 3.63) is 88.1 Å². The fourth-order valence-electron chi connectivity index (χ4n) is 3.31. The summed E-state index contributed by atoms with van der Waals surface area (Å²) in [6.45, 7) is 3.64. The van der Waals surface area contributed by atoms with Crippen molar-refractivity contribution >= 4 is 22.6 Å². The van der Waals surface area contributed by atoms with Crippen molar-refractivity contribution < 1.29 is 9.53 Å². The molecule has 2 aromatic carbocycles. The first kappa shape index (κ1) is 19.3. The number of nitrogens with zero attached hydrogens (tertiary/aromatic N) is 3. The van der Waals surface area contributed by atoms with Crippen molar-refractivity contribution in [3.8, 4) is 11.4 Å². The van der Waals surface area contributed by atoms with E-state index in [4.69, 9.17) is 4.74 Å². The van der Waals surface area contributed by atoms with Gasteiger partial charge in [0.15, 0.2) is 5.65 Å². The Kier molecular flexibility index (Phi) is 5.02. The standard InChI is InChI=1S/C23H20N4O3/c1-14-12-17(27-15(2)25-21-19(23(27)29)8-5-11-24-21)9-10-20(14)26-22(28)16-6-4-7-18(13-16)30-3/h4-13H,1-3H3,(H,26,28). The molecule has 2 aromatic heterocycles. The van der Waals surface area contributed by atoms with Crippen LogP contribution in [-0.4, -0.2) is 27.6 Å². The van der Waals surface area contributed by atoms with E-state index in [1.807, 2.05) is 13.0 Å². The monoisotopic (exact) mass is 400 g/mol. The SMILES string of the molecule is COc1cccc(C(=O)Nc2ccc(-n3c(C)nc4ncccc4c3=O)cc2C)c1. The second-order valence-electron chi connectivity index (χ2n) is 6.86. The van der Waals surface area contributed by atoms with Gasteiger partial charge in [0.25, 0.3) is 11.5 Å². The zero-order chi connectivity index (χ0) is 21.3. The summed E-state index contributed by atoms with van der Waals surface area (Å²) in [7, 11) is 1.56. The number of methoxy groups -OCH3 is 1. The Labute approximate surface area is 173 Å². The van der Waals surface area contributed by atoms with Crippen molar-refractivity contribution in [2.75, 3.05) is 12.4 Å². The van der Waals surface area contributed by atoms with Crippen LogP contribution in [0.5, 0.6) is 5.75 Å². The van der Waals surface area contributed by atoms with E-state index in [-0.39, 0.29) is 11.5 Å². The van der Waals surface area contributed by atoms with Gasteiger partial charge in [-0.1, -0.05) is 6.07 Å². The molecule has 0 aliphatic carbocycles. The second-order valence-corrected chi connectivity index (χ2v) is 6.86. The number of benzene rings is 2. The summed E-state index contributed by atoms with van der Waals surface area (Å²) < 4.78 is 6.72. The maximum absolute atomic E-state index is 13.0. The first-order chi connectivity index (χ1) is 14.5. The third-order valence-corrected chi connectivity index (χ3v) is 4.86. The molecule has 1 N–H and O–H groups in total. The normalized spacial score (nSPS) is 10.8. The maximum Gasteiger partial charge on any atom is 0.267 e. The van der Waals surface area contributed by atoms with E-state index in [0.717, 1.165) is 5.56 Å². The molecule has 0 aliphatic rings. The van der Waals surface area contributed by atoms with Gasteiger partial charge in [-0.05, 0) is 67.9 Å². The molecule has 7 heteroatoms. The molecule has 0 unspecified atom stereocenters. The number of carbonyl (C=O) groups excluding carboxylic acids is 1. The van der Waals surface area contributed by atoms with Crippen LogP contribution in [0.15, 0.2) is 65.6 Å². The van der Waals surface area contributed by atoms with Crippen molar-refractivity contribution in [2.45, 2.75) is 13.8 Å². The van der Waals surface area contributed by atoms with Crippen molar-refractivity contribution in [1.29, 1.82) is 0 Å². The fourth-order valence-corrected chi connectivity index (χ4v) is 3.31. The number of ether oxygens (including phenoxy) is 1. The molecule has 0 saturated carbocycles. The van der Waals surface area contributed by atoms with E-state index >= 15 is 0 Å². The number of nitrogens with one attached hydrogen (secondary N) is 1. The van der Waals surface area contributed by atoms with Gasteiger partial charge in [-0.3, -0.25) is 14.2 Å².